The monoisotopic (exact) mass is 606 g/mol. The number of allylic oxidation sites excluding steroid dienone is 2. The Morgan fingerprint density at radius 2 is 1.83 bits per heavy atom. The van der Waals surface area contributed by atoms with Crippen molar-refractivity contribution in [2.45, 2.75) is 92.3 Å². The third-order valence-electron chi connectivity index (χ3n) is 13.1. The van der Waals surface area contributed by atoms with Crippen LogP contribution in [0, 0.1) is 57.2 Å². The fourth-order valence-electron chi connectivity index (χ4n) is 10.8. The molecule has 5 aliphatic carbocycles. The van der Waals surface area contributed by atoms with Gasteiger partial charge in [-0.3, -0.25) is 18.9 Å². The summed E-state index contributed by atoms with van der Waals surface area (Å²) in [6, 6.07) is 0. The van der Waals surface area contributed by atoms with E-state index in [1.165, 1.54) is 13.8 Å². The van der Waals surface area contributed by atoms with Crippen LogP contribution in [0.25, 0.3) is 0 Å². The number of ketones is 2. The zero-order valence-electron chi connectivity index (χ0n) is 25.6. The van der Waals surface area contributed by atoms with E-state index in [4.69, 9.17) is 9.29 Å². The van der Waals surface area contributed by atoms with Gasteiger partial charge in [-0.05, 0) is 89.6 Å². The second kappa shape index (κ2) is 10.1. The number of carbonyl (C=O) groups excluding carboxylic acids is 3. The highest BCUT2D eigenvalue weighted by atomic mass is 32.3. The van der Waals surface area contributed by atoms with E-state index in [1.54, 1.807) is 0 Å². The van der Waals surface area contributed by atoms with E-state index in [0.29, 0.717) is 18.3 Å². The van der Waals surface area contributed by atoms with Gasteiger partial charge in [0.1, 0.15) is 12.2 Å². The van der Waals surface area contributed by atoms with Crippen molar-refractivity contribution in [2.24, 2.45) is 57.2 Å². The molecular weight excluding hydrogens is 560 g/mol. The predicted molar refractivity (Wildman–Crippen MR) is 154 cm³/mol. The molecule has 0 aromatic rings. The molecule has 10 heteroatoms. The van der Waals surface area contributed by atoms with Crippen molar-refractivity contribution in [3.8, 4) is 0 Å². The van der Waals surface area contributed by atoms with Crippen molar-refractivity contribution >= 4 is 27.9 Å². The topological polar surface area (TPSA) is 144 Å². The van der Waals surface area contributed by atoms with Crippen molar-refractivity contribution in [2.75, 3.05) is 6.61 Å². The van der Waals surface area contributed by atoms with E-state index in [9.17, 15) is 27.9 Å². The first-order valence-electron chi connectivity index (χ1n) is 15.3. The van der Waals surface area contributed by atoms with Gasteiger partial charge >= 0.3 is 16.4 Å². The molecule has 9 nitrogen and oxygen atoms in total. The van der Waals surface area contributed by atoms with Gasteiger partial charge in [-0.1, -0.05) is 47.3 Å². The molecule has 2 spiro atoms. The van der Waals surface area contributed by atoms with Crippen LogP contribution in [0.5, 0.6) is 0 Å². The molecule has 4 saturated carbocycles. The Morgan fingerprint density at radius 3 is 2.45 bits per heavy atom. The van der Waals surface area contributed by atoms with Gasteiger partial charge in [-0.2, -0.15) is 8.42 Å². The van der Waals surface area contributed by atoms with Crippen LogP contribution in [-0.2, 0) is 33.7 Å². The van der Waals surface area contributed by atoms with Crippen LogP contribution in [0.3, 0.4) is 0 Å². The van der Waals surface area contributed by atoms with Gasteiger partial charge in [0.2, 0.25) is 0 Å². The molecule has 0 aliphatic heterocycles. The quantitative estimate of drug-likeness (QED) is 0.220. The van der Waals surface area contributed by atoms with E-state index in [0.717, 1.165) is 32.1 Å². The molecule has 5 aliphatic rings. The van der Waals surface area contributed by atoms with E-state index in [1.807, 2.05) is 13.0 Å². The van der Waals surface area contributed by atoms with Crippen LogP contribution in [0.2, 0.25) is 0 Å². The van der Waals surface area contributed by atoms with E-state index in [-0.39, 0.29) is 44.9 Å². The summed E-state index contributed by atoms with van der Waals surface area (Å²) in [5, 5.41) is 11.4. The number of rotatable bonds is 9. The third-order valence-corrected chi connectivity index (χ3v) is 13.5. The average molecular weight is 607 g/mol. The number of aliphatic hydroxyl groups is 1. The molecule has 0 saturated heterocycles. The minimum absolute atomic E-state index is 0.00143. The number of fused-ring (bicyclic) bond motifs is 2. The first kappa shape index (κ1) is 31.5. The molecule has 12 atom stereocenters. The Balaban J connectivity index is 1.44. The van der Waals surface area contributed by atoms with Crippen molar-refractivity contribution in [1.82, 2.24) is 0 Å². The second-order valence-electron chi connectivity index (χ2n) is 14.7. The average Bonchev–Trinajstić information content (AvgIpc) is 3.51. The van der Waals surface area contributed by atoms with Gasteiger partial charge in [0, 0.05) is 24.7 Å². The van der Waals surface area contributed by atoms with Crippen LogP contribution in [0.4, 0.5) is 0 Å². The molecule has 5 rings (SSSR count). The predicted octanol–water partition coefficient (Wildman–Crippen LogP) is 4.50. The SMILES string of the molecule is C=C(C(=O)[C@H](O)[C@@H](C)[C@H]1[C@@H](OC(C)=O)C[C@@]2(C)C3CCC4[C@H](C)C(=O)C=C[C@@]45C[C@@]35CC[C@]12C)[C@@H](C)COS(=O)(=O)O. The van der Waals surface area contributed by atoms with Gasteiger partial charge < -0.3 is 9.84 Å². The Labute approximate surface area is 249 Å². The van der Waals surface area contributed by atoms with Crippen LogP contribution in [-0.4, -0.2) is 54.4 Å². The summed E-state index contributed by atoms with van der Waals surface area (Å²) in [7, 11) is -4.68. The zero-order valence-corrected chi connectivity index (χ0v) is 26.4. The summed E-state index contributed by atoms with van der Waals surface area (Å²) < 4.78 is 41.3. The van der Waals surface area contributed by atoms with Crippen LogP contribution >= 0.6 is 0 Å². The molecule has 0 heterocycles. The number of ether oxygens (including phenoxy) is 1. The summed E-state index contributed by atoms with van der Waals surface area (Å²) in [5.74, 6) is -1.68. The lowest BCUT2D eigenvalue weighted by Gasteiger charge is -2.61. The Bertz CT molecular complexity index is 1340. The highest BCUT2D eigenvalue weighted by Gasteiger charge is 2.81. The standard InChI is InChI=1S/C32H46O9S/c1-17(15-40-42(37,38)39)18(2)27(35)28(36)20(4)26-24(41-21(5)33)14-30(7)25-9-8-22-19(3)23(34)10-11-31(22)16-32(25,31)13-12-29(26,30)6/h10-11,17,19-20,22,24-26,28,36H,2,8-9,12-16H2,1,3-7H3,(H,37,38,39)/t17-,19-,20-,22?,24-,25?,26-,28+,29+,30-,31+,32-/m0/s1. The molecule has 0 radical (unpaired) electrons. The molecular formula is C32H46O9S. The minimum Gasteiger partial charge on any atom is -0.462 e. The summed E-state index contributed by atoms with van der Waals surface area (Å²) in [5.41, 5.74) is -0.391. The van der Waals surface area contributed by atoms with E-state index in [2.05, 4.69) is 37.6 Å². The molecule has 2 unspecified atom stereocenters. The maximum absolute atomic E-state index is 13.4. The maximum atomic E-state index is 13.4. The zero-order chi connectivity index (χ0) is 31.2. The number of esters is 1. The van der Waals surface area contributed by atoms with Gasteiger partial charge in [0.25, 0.3) is 0 Å². The lowest BCUT2D eigenvalue weighted by molar-refractivity contribution is -0.154. The molecule has 0 aromatic heterocycles. The number of hydrogen-bond acceptors (Lipinski definition) is 8. The molecule has 2 N–H and O–H groups in total. The summed E-state index contributed by atoms with van der Waals surface area (Å²) in [6.07, 6.45) is 7.67. The van der Waals surface area contributed by atoms with Crippen LogP contribution in [0.1, 0.15) is 80.1 Å². The van der Waals surface area contributed by atoms with E-state index < -0.39 is 52.8 Å². The van der Waals surface area contributed by atoms with Gasteiger partial charge in [0.05, 0.1) is 6.61 Å². The summed E-state index contributed by atoms with van der Waals surface area (Å²) in [6.45, 7) is 14.7. The molecule has 0 bridgehead atoms. The Hall–Kier alpha value is -1.88. The van der Waals surface area contributed by atoms with Crippen molar-refractivity contribution in [3.05, 3.63) is 24.3 Å². The highest BCUT2D eigenvalue weighted by Crippen LogP contribution is 2.87. The maximum Gasteiger partial charge on any atom is 0.397 e. The summed E-state index contributed by atoms with van der Waals surface area (Å²) >= 11 is 0. The van der Waals surface area contributed by atoms with Crippen molar-refractivity contribution in [1.29, 1.82) is 0 Å². The fourth-order valence-corrected chi connectivity index (χ4v) is 11.2. The largest absolute Gasteiger partial charge is 0.462 e. The van der Waals surface area contributed by atoms with Gasteiger partial charge in [-0.15, -0.1) is 0 Å². The number of hydrogen-bond donors (Lipinski definition) is 2. The molecule has 234 valence electrons. The first-order valence-corrected chi connectivity index (χ1v) is 16.6. The smallest absolute Gasteiger partial charge is 0.397 e. The number of carbonyl (C=O) groups is 3. The normalized spacial score (nSPS) is 44.1. The highest BCUT2D eigenvalue weighted by molar-refractivity contribution is 7.80. The van der Waals surface area contributed by atoms with Gasteiger partial charge in [-0.25, -0.2) is 4.18 Å². The Kier molecular flexibility index (Phi) is 7.57. The minimum atomic E-state index is -4.68. The second-order valence-corrected chi connectivity index (χ2v) is 15.7. The number of aliphatic hydroxyl groups excluding tert-OH is 1. The first-order chi connectivity index (χ1) is 19.4. The fraction of sp³-hybridized carbons (Fsp3) is 0.781. The molecule has 42 heavy (non-hydrogen) atoms. The molecule has 0 aromatic carbocycles. The Morgan fingerprint density at radius 1 is 1.17 bits per heavy atom. The number of Topliss-reactive ketones (excluding diaryl/α,β-unsaturated/α-hetero) is 1. The summed E-state index contributed by atoms with van der Waals surface area (Å²) in [4.78, 5) is 38.4. The molecule has 0 amide bonds. The third kappa shape index (κ3) is 4.41. The van der Waals surface area contributed by atoms with Crippen molar-refractivity contribution < 1.29 is 41.4 Å². The lowest BCUT2D eigenvalue weighted by atomic mass is 9.43. The lowest BCUT2D eigenvalue weighted by Crippen LogP contribution is -2.56. The van der Waals surface area contributed by atoms with Gasteiger partial charge in [0.15, 0.2) is 11.6 Å². The van der Waals surface area contributed by atoms with Crippen molar-refractivity contribution in [3.63, 3.8) is 0 Å². The van der Waals surface area contributed by atoms with E-state index >= 15 is 0 Å². The molecule has 4 fully saturated rings. The van der Waals surface area contributed by atoms with Crippen LogP contribution in [0.15, 0.2) is 24.3 Å². The van der Waals surface area contributed by atoms with Crippen LogP contribution < -0.4 is 0 Å².